The molecular formula is C84H90Cl4F2N18O12. The molecule has 3 fully saturated rings. The summed E-state index contributed by atoms with van der Waals surface area (Å²) in [7, 11) is 15.7. The van der Waals surface area contributed by atoms with E-state index in [1.807, 2.05) is 59.1 Å². The average molecular weight is 1720 g/mol. The summed E-state index contributed by atoms with van der Waals surface area (Å²) in [5.41, 5.74) is 4.84. The van der Waals surface area contributed by atoms with E-state index >= 15 is 8.78 Å². The van der Waals surface area contributed by atoms with Gasteiger partial charge in [0, 0.05) is 51.4 Å². The number of fused-ring (bicyclic) bond motifs is 3. The van der Waals surface area contributed by atoms with Crippen molar-refractivity contribution in [1.29, 1.82) is 0 Å². The molecule has 0 bridgehead atoms. The van der Waals surface area contributed by atoms with Crippen molar-refractivity contribution in [2.75, 3.05) is 119 Å². The number of methoxy groups -OCH3 is 3. The minimum atomic E-state index is -0.726. The minimum absolute atomic E-state index is 0.0103. The third kappa shape index (κ3) is 19.0. The van der Waals surface area contributed by atoms with Gasteiger partial charge in [-0.1, -0.05) is 82.8 Å². The Hall–Kier alpha value is -11.5. The van der Waals surface area contributed by atoms with Gasteiger partial charge in [-0.05, 0) is 179 Å². The van der Waals surface area contributed by atoms with Gasteiger partial charge in [-0.15, -0.1) is 0 Å². The molecule has 0 spiro atoms. The Labute approximate surface area is 711 Å². The van der Waals surface area contributed by atoms with Crippen molar-refractivity contribution in [3.05, 3.63) is 191 Å². The lowest BCUT2D eigenvalue weighted by Gasteiger charge is -2.29. The number of rotatable bonds is 21. The van der Waals surface area contributed by atoms with E-state index in [1.165, 1.54) is 52.1 Å². The molecule has 0 aliphatic carbocycles. The van der Waals surface area contributed by atoms with Crippen LogP contribution in [-0.2, 0) is 0 Å². The Morgan fingerprint density at radius 1 is 0.392 bits per heavy atom. The first-order chi connectivity index (χ1) is 57.5. The molecule has 120 heavy (non-hydrogen) atoms. The highest BCUT2D eigenvalue weighted by Crippen LogP contribution is 2.45. The molecule has 6 amide bonds. The van der Waals surface area contributed by atoms with Crippen LogP contribution in [0.3, 0.4) is 0 Å². The Bertz CT molecular complexity index is 4910. The topological polar surface area (TPSA) is 327 Å². The number of anilines is 6. The first kappa shape index (κ1) is 86.3. The molecule has 6 N–H and O–H groups in total. The van der Waals surface area contributed by atoms with Crippen molar-refractivity contribution >= 4 is 117 Å². The molecule has 30 nitrogen and oxygen atoms in total. The molecule has 3 atom stereocenters. The largest absolute Gasteiger partial charge is 0.495 e. The van der Waals surface area contributed by atoms with Gasteiger partial charge in [0.15, 0.2) is 0 Å². The number of aromatic nitrogens is 6. The van der Waals surface area contributed by atoms with Gasteiger partial charge < -0.3 is 89.7 Å². The fourth-order valence-electron chi connectivity index (χ4n) is 14.7. The summed E-state index contributed by atoms with van der Waals surface area (Å²) >= 11 is 25.5. The number of piperidine rings is 3. The van der Waals surface area contributed by atoms with Crippen molar-refractivity contribution in [2.45, 2.75) is 95.5 Å². The van der Waals surface area contributed by atoms with Crippen LogP contribution in [0.2, 0.25) is 20.1 Å². The molecule has 6 aliphatic rings. The first-order valence-electron chi connectivity index (χ1n) is 38.7. The van der Waals surface area contributed by atoms with Crippen LogP contribution in [0.15, 0.2) is 110 Å². The lowest BCUT2D eigenvalue weighted by Crippen LogP contribution is -2.43. The van der Waals surface area contributed by atoms with Gasteiger partial charge in [-0.2, -0.15) is 15.0 Å². The Morgan fingerprint density at radius 2 is 0.667 bits per heavy atom. The highest BCUT2D eigenvalue weighted by molar-refractivity contribution is 6.34. The minimum Gasteiger partial charge on any atom is -0.495 e. The number of halogens is 6. The molecule has 6 aliphatic heterocycles. The van der Waals surface area contributed by atoms with Gasteiger partial charge in [-0.25, -0.2) is 23.7 Å². The molecule has 6 aromatic carbocycles. The number of carbonyl (C=O) groups is 6. The monoisotopic (exact) mass is 1720 g/mol. The van der Waals surface area contributed by atoms with Crippen molar-refractivity contribution in [1.82, 2.24) is 75.3 Å². The predicted molar refractivity (Wildman–Crippen MR) is 450 cm³/mol. The molecule has 3 saturated heterocycles. The summed E-state index contributed by atoms with van der Waals surface area (Å²) in [5.74, 6) is -1.04. The fraction of sp³-hybridized carbons (Fsp3) is 0.357. The van der Waals surface area contributed by atoms with E-state index in [4.69, 9.17) is 74.8 Å². The summed E-state index contributed by atoms with van der Waals surface area (Å²) in [4.78, 5) is 114. The lowest BCUT2D eigenvalue weighted by atomic mass is 10.0. The van der Waals surface area contributed by atoms with E-state index < -0.39 is 23.4 Å². The Morgan fingerprint density at radius 3 is 0.958 bits per heavy atom. The van der Waals surface area contributed by atoms with Crippen molar-refractivity contribution in [3.63, 3.8) is 0 Å². The van der Waals surface area contributed by atoms with Gasteiger partial charge in [0.05, 0.1) is 114 Å². The van der Waals surface area contributed by atoms with Gasteiger partial charge in [0.2, 0.25) is 35.5 Å². The van der Waals surface area contributed by atoms with Crippen LogP contribution < -0.4 is 60.3 Å². The number of carbonyl (C=O) groups excluding carboxylic acids is 6. The average Bonchev–Trinajstić information content (AvgIpc) is 1.63. The molecule has 36 heteroatoms. The highest BCUT2D eigenvalue weighted by atomic mass is 35.5. The summed E-state index contributed by atoms with van der Waals surface area (Å²) in [6.07, 6.45) is 9.02. The normalized spacial score (nSPS) is 17.5. The van der Waals surface area contributed by atoms with E-state index in [0.29, 0.717) is 50.9 Å². The van der Waals surface area contributed by atoms with Crippen molar-refractivity contribution in [2.24, 2.45) is 0 Å². The van der Waals surface area contributed by atoms with Crippen LogP contribution >= 0.6 is 46.4 Å². The fourth-order valence-corrected chi connectivity index (χ4v) is 15.3. The second kappa shape index (κ2) is 37.4. The van der Waals surface area contributed by atoms with E-state index in [0.717, 1.165) is 107 Å². The van der Waals surface area contributed by atoms with Crippen LogP contribution in [0.1, 0.15) is 156 Å². The Kier molecular flexibility index (Phi) is 26.9. The third-order valence-corrected chi connectivity index (χ3v) is 23.2. The van der Waals surface area contributed by atoms with Crippen LogP contribution in [-0.4, -0.2) is 216 Å². The number of benzene rings is 6. The smallest absolute Gasteiger partial charge is 0.258 e. The zero-order chi connectivity index (χ0) is 85.7. The second-order valence-electron chi connectivity index (χ2n) is 29.9. The van der Waals surface area contributed by atoms with E-state index in [2.05, 4.69) is 83.6 Å². The number of ether oxygens (including phenoxy) is 6. The number of hydrogen-bond acceptors (Lipinski definition) is 24. The van der Waals surface area contributed by atoms with Crippen LogP contribution in [0, 0.1) is 11.6 Å². The summed E-state index contributed by atoms with van der Waals surface area (Å²) in [6.45, 7) is 11.1. The molecule has 9 heterocycles. The molecule has 9 aromatic rings. The zero-order valence-corrected chi connectivity index (χ0v) is 70.9. The van der Waals surface area contributed by atoms with E-state index in [-0.39, 0.29) is 149 Å². The van der Waals surface area contributed by atoms with Gasteiger partial charge in [0.1, 0.15) is 61.2 Å². The quantitative estimate of drug-likeness (QED) is 0.0389. The molecule has 630 valence electrons. The number of nitrogens with one attached hydrogen (secondary N) is 6. The first-order valence-corrected chi connectivity index (χ1v) is 40.2. The number of likely N-dealkylation sites (tertiary alicyclic amines) is 3. The summed E-state index contributed by atoms with van der Waals surface area (Å²) in [6, 6.07) is 24.0. The van der Waals surface area contributed by atoms with Gasteiger partial charge in [-0.3, -0.25) is 28.8 Å². The van der Waals surface area contributed by atoms with Crippen molar-refractivity contribution < 1.29 is 66.0 Å². The molecule has 15 rings (SSSR count). The van der Waals surface area contributed by atoms with Crippen LogP contribution in [0.5, 0.6) is 52.1 Å². The molecule has 3 aromatic heterocycles. The predicted octanol–water partition coefficient (Wildman–Crippen LogP) is 14.9. The second-order valence-corrected chi connectivity index (χ2v) is 31.5. The maximum atomic E-state index is 15.1. The van der Waals surface area contributed by atoms with Crippen LogP contribution in [0.25, 0.3) is 0 Å². The number of nitrogens with zero attached hydrogens (tertiary/aromatic N) is 12. The standard InChI is InChI=1S/C28H30Cl2N6O4.2C28H30ClFN6O4/c1-15-17-6-5-7-22(24(17)27(38)36(15)3)40-26-20(30)14-31-28(34-26)33-21-13-19(29)18(12-23(21)39-4)25(37)32-16-8-10-35(2)11-9-16;2*1-15-17-6-5-7-22(24(17)27(38)36(15)3)40-26-19(29)14-31-28(34-26)33-21-13-20(30)18(12-23(21)39-4)25(37)32-16-8-10-35(2)11-9-16/h3*5-7,12-16H,8-11H2,1-4H3,(H,32,37)(H,31,33,34)/t3*15-/m110/s1. The number of hydrogen-bond donors (Lipinski definition) is 6. The van der Waals surface area contributed by atoms with E-state index in [9.17, 15) is 28.8 Å². The van der Waals surface area contributed by atoms with Gasteiger partial charge >= 0.3 is 0 Å². The maximum Gasteiger partial charge on any atom is 0.258 e. The third-order valence-electron chi connectivity index (χ3n) is 22.1. The zero-order valence-electron chi connectivity index (χ0n) is 67.9. The number of amides is 6. The lowest BCUT2D eigenvalue weighted by molar-refractivity contribution is 0.0774. The SMILES string of the molecule is COc1cc(C(=O)NC2CCN(C)CC2)c(Cl)cc1Nc1ncc(Cl)c(Oc2cccc3c2C(=O)N(C)[C@@H]3C)n1.COc1cc(C(=O)NC2CCN(C)CC2)c(F)cc1Nc1ncc(Cl)c(Oc2cccc3c2C(=O)N(C)[C@@H]3C)n1.COc1cc(C(=O)NC2CCN(C)CC2)c(F)cc1Nc1ncc(Cl)c(Oc2cccc3c2C(=O)N(C)[C@H]3C)n1. The van der Waals surface area contributed by atoms with Crippen LogP contribution in [0.4, 0.5) is 43.7 Å². The molecule has 0 saturated carbocycles. The van der Waals surface area contributed by atoms with Gasteiger partial charge in [0.25, 0.3) is 35.4 Å². The Balaban J connectivity index is 0.000000156. The highest BCUT2D eigenvalue weighted by Gasteiger charge is 2.38. The molecule has 0 radical (unpaired) electrons. The van der Waals surface area contributed by atoms with Crippen molar-refractivity contribution in [3.8, 4) is 52.1 Å². The maximum absolute atomic E-state index is 15.1. The summed E-state index contributed by atoms with van der Waals surface area (Å²) in [5, 5.41) is 18.4. The summed E-state index contributed by atoms with van der Waals surface area (Å²) < 4.78 is 64.6. The molecular weight excluding hydrogens is 1630 g/mol. The molecule has 0 unspecified atom stereocenters. The van der Waals surface area contributed by atoms with E-state index in [1.54, 1.807) is 78.3 Å².